The van der Waals surface area contributed by atoms with Crippen molar-refractivity contribution < 1.29 is 0 Å². The number of hydrogen-bond acceptors (Lipinski definition) is 3. The molecule has 16 heavy (non-hydrogen) atoms. The predicted octanol–water partition coefficient (Wildman–Crippen LogP) is 2.99. The van der Waals surface area contributed by atoms with Crippen LogP contribution in [0.15, 0.2) is 36.5 Å². The molecule has 2 N–H and O–H groups in total. The Labute approximate surface area is 100 Å². The number of rotatable bonds is 4. The number of nitrogens with two attached hydrogens (primary N) is 1. The van der Waals surface area contributed by atoms with Crippen LogP contribution in [-0.2, 0) is 0 Å². The molecule has 84 valence electrons. The van der Waals surface area contributed by atoms with Crippen LogP contribution in [0.2, 0.25) is 0 Å². The molecule has 0 saturated carbocycles. The maximum absolute atomic E-state index is 6.12. The first-order valence-corrected chi connectivity index (χ1v) is 6.64. The molecule has 1 atom stereocenters. The van der Waals surface area contributed by atoms with E-state index >= 15 is 0 Å². The van der Waals surface area contributed by atoms with Gasteiger partial charge in [0, 0.05) is 23.4 Å². The normalized spacial score (nSPS) is 12.9. The number of fused-ring (bicyclic) bond motifs is 1. The third kappa shape index (κ3) is 2.54. The van der Waals surface area contributed by atoms with Gasteiger partial charge >= 0.3 is 0 Å². The van der Waals surface area contributed by atoms with Gasteiger partial charge in [-0.3, -0.25) is 4.98 Å². The van der Waals surface area contributed by atoms with E-state index in [0.29, 0.717) is 0 Å². The first-order valence-electron chi connectivity index (χ1n) is 5.49. The monoisotopic (exact) mass is 232 g/mol. The zero-order chi connectivity index (χ0) is 11.4. The molecule has 1 aromatic heterocycles. The highest BCUT2D eigenvalue weighted by Gasteiger charge is 2.06. The molecule has 3 heteroatoms. The average molecular weight is 232 g/mol. The molecule has 1 unspecified atom stereocenters. The van der Waals surface area contributed by atoms with Crippen molar-refractivity contribution in [3.8, 4) is 0 Å². The van der Waals surface area contributed by atoms with Gasteiger partial charge in [0.25, 0.3) is 0 Å². The van der Waals surface area contributed by atoms with E-state index in [9.17, 15) is 0 Å². The highest BCUT2D eigenvalue weighted by Crippen LogP contribution is 2.20. The van der Waals surface area contributed by atoms with Crippen molar-refractivity contribution in [2.75, 3.05) is 11.5 Å². The molecule has 2 rings (SSSR count). The van der Waals surface area contributed by atoms with Gasteiger partial charge < -0.3 is 5.73 Å². The Hall–Kier alpha value is -1.06. The van der Waals surface area contributed by atoms with E-state index in [-0.39, 0.29) is 6.04 Å². The second-order valence-electron chi connectivity index (χ2n) is 3.72. The number of aromatic nitrogens is 1. The topological polar surface area (TPSA) is 38.9 Å². The van der Waals surface area contributed by atoms with Gasteiger partial charge in [0.05, 0.1) is 5.52 Å². The first-order chi connectivity index (χ1) is 7.81. The molecule has 0 radical (unpaired) electrons. The van der Waals surface area contributed by atoms with E-state index in [0.717, 1.165) is 17.0 Å². The number of benzene rings is 1. The quantitative estimate of drug-likeness (QED) is 0.880. The molecular formula is C13H16N2S. The van der Waals surface area contributed by atoms with Crippen LogP contribution in [0.5, 0.6) is 0 Å². The standard InChI is InChI=1S/C13H16N2S/c1-2-16-9-12(14)11-6-5-10-4-3-7-15-13(10)8-11/h3-8,12H,2,9,14H2,1H3. The molecule has 0 amide bonds. The molecule has 0 bridgehead atoms. The molecule has 2 nitrogen and oxygen atoms in total. The average Bonchev–Trinajstić information content (AvgIpc) is 2.35. The summed E-state index contributed by atoms with van der Waals surface area (Å²) in [7, 11) is 0. The van der Waals surface area contributed by atoms with Gasteiger partial charge in [-0.1, -0.05) is 25.1 Å². The number of nitrogens with zero attached hydrogens (tertiary/aromatic N) is 1. The molecule has 0 aliphatic heterocycles. The minimum Gasteiger partial charge on any atom is -0.323 e. The van der Waals surface area contributed by atoms with Crippen molar-refractivity contribution in [2.45, 2.75) is 13.0 Å². The Balaban J connectivity index is 2.25. The summed E-state index contributed by atoms with van der Waals surface area (Å²) in [6.45, 7) is 2.15. The maximum Gasteiger partial charge on any atom is 0.0705 e. The Morgan fingerprint density at radius 1 is 1.38 bits per heavy atom. The van der Waals surface area contributed by atoms with Gasteiger partial charge in [-0.05, 0) is 23.4 Å². The second-order valence-corrected chi connectivity index (χ2v) is 5.04. The second kappa shape index (κ2) is 5.32. The van der Waals surface area contributed by atoms with Crippen LogP contribution in [0, 0.1) is 0 Å². The van der Waals surface area contributed by atoms with E-state index in [1.54, 1.807) is 0 Å². The van der Waals surface area contributed by atoms with Gasteiger partial charge in [0.2, 0.25) is 0 Å². The van der Waals surface area contributed by atoms with Crippen LogP contribution in [0.3, 0.4) is 0 Å². The van der Waals surface area contributed by atoms with Crippen LogP contribution in [-0.4, -0.2) is 16.5 Å². The smallest absolute Gasteiger partial charge is 0.0705 e. The summed E-state index contributed by atoms with van der Waals surface area (Å²) in [5, 5.41) is 1.17. The molecule has 0 saturated heterocycles. The SMILES string of the molecule is CCSCC(N)c1ccc2cccnc2c1. The summed E-state index contributed by atoms with van der Waals surface area (Å²) in [6, 6.07) is 10.4. The third-order valence-corrected chi connectivity index (χ3v) is 3.56. The highest BCUT2D eigenvalue weighted by molar-refractivity contribution is 7.99. The zero-order valence-electron chi connectivity index (χ0n) is 9.39. The van der Waals surface area contributed by atoms with Gasteiger partial charge in [-0.2, -0.15) is 11.8 Å². The lowest BCUT2D eigenvalue weighted by molar-refractivity contribution is 0.833. The van der Waals surface area contributed by atoms with Crippen molar-refractivity contribution in [3.05, 3.63) is 42.1 Å². The minimum atomic E-state index is 0.108. The van der Waals surface area contributed by atoms with Gasteiger partial charge in [0.1, 0.15) is 0 Å². The fraction of sp³-hybridized carbons (Fsp3) is 0.308. The largest absolute Gasteiger partial charge is 0.323 e. The lowest BCUT2D eigenvalue weighted by Gasteiger charge is -2.11. The lowest BCUT2D eigenvalue weighted by atomic mass is 10.1. The van der Waals surface area contributed by atoms with Gasteiger partial charge in [0.15, 0.2) is 0 Å². The molecule has 2 aromatic rings. The van der Waals surface area contributed by atoms with E-state index < -0.39 is 0 Å². The molecule has 0 aliphatic rings. The number of thioether (sulfide) groups is 1. The number of hydrogen-bond donors (Lipinski definition) is 1. The van der Waals surface area contributed by atoms with Crippen LogP contribution in [0.1, 0.15) is 18.5 Å². The summed E-state index contributed by atoms with van der Waals surface area (Å²) in [6.07, 6.45) is 1.82. The Kier molecular flexibility index (Phi) is 3.80. The lowest BCUT2D eigenvalue weighted by Crippen LogP contribution is -2.13. The van der Waals surface area contributed by atoms with Crippen LogP contribution < -0.4 is 5.73 Å². The minimum absolute atomic E-state index is 0.108. The van der Waals surface area contributed by atoms with Crippen molar-refractivity contribution in [1.82, 2.24) is 4.98 Å². The summed E-state index contributed by atoms with van der Waals surface area (Å²) >= 11 is 1.87. The van der Waals surface area contributed by atoms with E-state index in [1.807, 2.05) is 24.0 Å². The predicted molar refractivity (Wildman–Crippen MR) is 71.7 cm³/mol. The molecular weight excluding hydrogens is 216 g/mol. The van der Waals surface area contributed by atoms with Crippen LogP contribution in [0.25, 0.3) is 10.9 Å². The fourth-order valence-corrected chi connectivity index (χ4v) is 2.34. The van der Waals surface area contributed by atoms with Crippen molar-refractivity contribution in [3.63, 3.8) is 0 Å². The molecule has 1 aromatic carbocycles. The molecule has 0 spiro atoms. The molecule has 0 aliphatic carbocycles. The Morgan fingerprint density at radius 3 is 3.06 bits per heavy atom. The molecule has 1 heterocycles. The summed E-state index contributed by atoms with van der Waals surface area (Å²) in [5.41, 5.74) is 8.32. The van der Waals surface area contributed by atoms with Crippen LogP contribution in [0.4, 0.5) is 0 Å². The maximum atomic E-state index is 6.12. The third-order valence-electron chi connectivity index (χ3n) is 2.56. The Bertz CT molecular complexity index is 470. The van der Waals surface area contributed by atoms with E-state index in [4.69, 9.17) is 5.73 Å². The summed E-state index contributed by atoms with van der Waals surface area (Å²) in [4.78, 5) is 4.34. The first kappa shape index (κ1) is 11.4. The number of pyridine rings is 1. The van der Waals surface area contributed by atoms with E-state index in [1.165, 1.54) is 10.9 Å². The summed E-state index contributed by atoms with van der Waals surface area (Å²) in [5.74, 6) is 2.08. The Morgan fingerprint density at radius 2 is 2.25 bits per heavy atom. The van der Waals surface area contributed by atoms with E-state index in [2.05, 4.69) is 36.2 Å². The van der Waals surface area contributed by atoms with Crippen molar-refractivity contribution in [1.29, 1.82) is 0 Å². The van der Waals surface area contributed by atoms with Gasteiger partial charge in [-0.15, -0.1) is 0 Å². The van der Waals surface area contributed by atoms with Crippen molar-refractivity contribution >= 4 is 22.7 Å². The zero-order valence-corrected chi connectivity index (χ0v) is 10.2. The van der Waals surface area contributed by atoms with Crippen LogP contribution >= 0.6 is 11.8 Å². The van der Waals surface area contributed by atoms with Gasteiger partial charge in [-0.25, -0.2) is 0 Å². The van der Waals surface area contributed by atoms with Crippen molar-refractivity contribution in [2.24, 2.45) is 5.73 Å². The summed E-state index contributed by atoms with van der Waals surface area (Å²) < 4.78 is 0. The fourth-order valence-electron chi connectivity index (χ4n) is 1.66. The highest BCUT2D eigenvalue weighted by atomic mass is 32.2. The molecule has 0 fully saturated rings.